The van der Waals surface area contributed by atoms with Crippen LogP contribution in [0.25, 0.3) is 0 Å². The maximum Gasteiger partial charge on any atom is 0.330 e. The van der Waals surface area contributed by atoms with Crippen LogP contribution in [0.2, 0.25) is 5.02 Å². The summed E-state index contributed by atoms with van der Waals surface area (Å²) in [5.74, 6) is -0.963. The van der Waals surface area contributed by atoms with Gasteiger partial charge in [-0.2, -0.15) is 0 Å². The molecule has 0 saturated heterocycles. The minimum absolute atomic E-state index is 0.488. The summed E-state index contributed by atoms with van der Waals surface area (Å²) in [7, 11) is 0. The topological polar surface area (TPSA) is 49.3 Å². The summed E-state index contributed by atoms with van der Waals surface area (Å²) in [6.07, 6.45) is 0. The molecule has 0 aliphatic heterocycles. The predicted octanol–water partition coefficient (Wildman–Crippen LogP) is 4.65. The van der Waals surface area contributed by atoms with Gasteiger partial charge in [0.15, 0.2) is 6.04 Å². The summed E-state index contributed by atoms with van der Waals surface area (Å²) >= 11 is 9.47. The second-order valence-electron chi connectivity index (χ2n) is 4.42. The standard InChI is InChI=1S/C15H13BrClNO2/c1-9-6-7-10(11(16)8-9)14(15(19)20)18-13-5-3-2-4-12(13)17/h2-8,14,18H,1H3,(H,19,20). The molecule has 0 spiro atoms. The van der Waals surface area contributed by atoms with Crippen LogP contribution in [-0.4, -0.2) is 11.1 Å². The van der Waals surface area contributed by atoms with Gasteiger partial charge in [0.2, 0.25) is 0 Å². The molecule has 5 heteroatoms. The lowest BCUT2D eigenvalue weighted by Gasteiger charge is -2.18. The molecule has 3 nitrogen and oxygen atoms in total. The normalized spacial score (nSPS) is 11.9. The minimum Gasteiger partial charge on any atom is -0.479 e. The molecule has 2 N–H and O–H groups in total. The van der Waals surface area contributed by atoms with Crippen molar-refractivity contribution in [2.75, 3.05) is 5.32 Å². The highest BCUT2D eigenvalue weighted by Crippen LogP contribution is 2.30. The molecule has 1 unspecified atom stereocenters. The van der Waals surface area contributed by atoms with Gasteiger partial charge in [0, 0.05) is 4.47 Å². The van der Waals surface area contributed by atoms with E-state index in [0.717, 1.165) is 10.0 Å². The van der Waals surface area contributed by atoms with Crippen molar-refractivity contribution in [1.29, 1.82) is 0 Å². The summed E-state index contributed by atoms with van der Waals surface area (Å²) in [6.45, 7) is 1.95. The second kappa shape index (κ2) is 6.29. The highest BCUT2D eigenvalue weighted by atomic mass is 79.9. The van der Waals surface area contributed by atoms with Gasteiger partial charge in [-0.25, -0.2) is 4.79 Å². The number of halogens is 2. The second-order valence-corrected chi connectivity index (χ2v) is 5.68. The smallest absolute Gasteiger partial charge is 0.330 e. The average molecular weight is 355 g/mol. The third-order valence-corrected chi connectivity index (χ3v) is 3.90. The Bertz CT molecular complexity index is 646. The molecule has 0 aliphatic carbocycles. The first kappa shape index (κ1) is 14.9. The van der Waals surface area contributed by atoms with E-state index in [0.29, 0.717) is 16.3 Å². The van der Waals surface area contributed by atoms with Crippen molar-refractivity contribution >= 4 is 39.2 Å². The molecule has 2 aromatic carbocycles. The number of hydrogen-bond donors (Lipinski definition) is 2. The number of carboxylic acids is 1. The molecule has 0 bridgehead atoms. The van der Waals surface area contributed by atoms with Crippen molar-refractivity contribution in [3.05, 3.63) is 63.1 Å². The molecule has 0 saturated carbocycles. The molecule has 20 heavy (non-hydrogen) atoms. The van der Waals surface area contributed by atoms with Crippen LogP contribution in [0.5, 0.6) is 0 Å². The van der Waals surface area contributed by atoms with E-state index in [1.165, 1.54) is 0 Å². The van der Waals surface area contributed by atoms with E-state index in [9.17, 15) is 9.90 Å². The minimum atomic E-state index is -0.963. The zero-order chi connectivity index (χ0) is 14.7. The highest BCUT2D eigenvalue weighted by molar-refractivity contribution is 9.10. The molecule has 2 rings (SSSR count). The Morgan fingerprint density at radius 1 is 1.30 bits per heavy atom. The Morgan fingerprint density at radius 2 is 2.00 bits per heavy atom. The Balaban J connectivity index is 2.37. The molecular weight excluding hydrogens is 342 g/mol. The lowest BCUT2D eigenvalue weighted by atomic mass is 10.0. The maximum atomic E-state index is 11.5. The van der Waals surface area contributed by atoms with Gasteiger partial charge in [0.25, 0.3) is 0 Å². The molecule has 0 aliphatic rings. The Kier molecular flexibility index (Phi) is 4.68. The van der Waals surface area contributed by atoms with Gasteiger partial charge in [-0.1, -0.05) is 51.8 Å². The van der Waals surface area contributed by atoms with Crippen LogP contribution in [0.1, 0.15) is 17.2 Å². The molecule has 1 atom stereocenters. The Hall–Kier alpha value is -1.52. The third-order valence-electron chi connectivity index (χ3n) is 2.89. The van der Waals surface area contributed by atoms with Crippen LogP contribution in [-0.2, 0) is 4.79 Å². The van der Waals surface area contributed by atoms with Crippen molar-refractivity contribution in [2.24, 2.45) is 0 Å². The first-order chi connectivity index (χ1) is 9.49. The molecular formula is C15H13BrClNO2. The number of para-hydroxylation sites is 1. The molecule has 0 fully saturated rings. The van der Waals surface area contributed by atoms with Gasteiger partial charge in [-0.3, -0.25) is 0 Å². The van der Waals surface area contributed by atoms with E-state index >= 15 is 0 Å². The van der Waals surface area contributed by atoms with Crippen LogP contribution >= 0.6 is 27.5 Å². The van der Waals surface area contributed by atoms with Crippen LogP contribution in [0.15, 0.2) is 46.9 Å². The number of rotatable bonds is 4. The number of nitrogens with one attached hydrogen (secondary N) is 1. The fourth-order valence-electron chi connectivity index (χ4n) is 1.87. The first-order valence-electron chi connectivity index (χ1n) is 5.99. The zero-order valence-corrected chi connectivity index (χ0v) is 13.1. The van der Waals surface area contributed by atoms with Crippen molar-refractivity contribution in [1.82, 2.24) is 0 Å². The van der Waals surface area contributed by atoms with Crippen molar-refractivity contribution < 1.29 is 9.90 Å². The first-order valence-corrected chi connectivity index (χ1v) is 7.16. The molecule has 104 valence electrons. The van der Waals surface area contributed by atoms with Gasteiger partial charge in [0.1, 0.15) is 0 Å². The molecule has 0 aromatic heterocycles. The summed E-state index contributed by atoms with van der Waals surface area (Å²) in [5, 5.41) is 12.9. The summed E-state index contributed by atoms with van der Waals surface area (Å²) in [6, 6.07) is 11.8. The van der Waals surface area contributed by atoms with Crippen LogP contribution in [0.4, 0.5) is 5.69 Å². The van der Waals surface area contributed by atoms with Gasteiger partial charge in [-0.05, 0) is 36.2 Å². The molecule has 2 aromatic rings. The summed E-state index contributed by atoms with van der Waals surface area (Å²) < 4.78 is 0.754. The van der Waals surface area contributed by atoms with E-state index in [1.54, 1.807) is 30.3 Å². The number of aryl methyl sites for hydroxylation is 1. The van der Waals surface area contributed by atoms with Gasteiger partial charge in [0.05, 0.1) is 10.7 Å². The number of aliphatic carboxylic acids is 1. The average Bonchev–Trinajstić information content (AvgIpc) is 2.38. The van der Waals surface area contributed by atoms with Crippen LogP contribution < -0.4 is 5.32 Å². The monoisotopic (exact) mass is 353 g/mol. The quantitative estimate of drug-likeness (QED) is 0.840. The molecule has 0 radical (unpaired) electrons. The molecule has 0 heterocycles. The van der Waals surface area contributed by atoms with Gasteiger partial charge < -0.3 is 10.4 Å². The van der Waals surface area contributed by atoms with Crippen molar-refractivity contribution in [2.45, 2.75) is 13.0 Å². The number of benzene rings is 2. The lowest BCUT2D eigenvalue weighted by Crippen LogP contribution is -2.21. The fraction of sp³-hybridized carbons (Fsp3) is 0.133. The Labute approximate surface area is 130 Å². The van der Waals surface area contributed by atoms with E-state index in [2.05, 4.69) is 21.2 Å². The zero-order valence-electron chi connectivity index (χ0n) is 10.7. The van der Waals surface area contributed by atoms with Crippen molar-refractivity contribution in [3.63, 3.8) is 0 Å². The highest BCUT2D eigenvalue weighted by Gasteiger charge is 2.22. The number of carboxylic acid groups (broad SMARTS) is 1. The third kappa shape index (κ3) is 3.32. The van der Waals surface area contributed by atoms with Gasteiger partial charge >= 0.3 is 5.97 Å². The van der Waals surface area contributed by atoms with E-state index < -0.39 is 12.0 Å². The SMILES string of the molecule is Cc1ccc(C(Nc2ccccc2Cl)C(=O)O)c(Br)c1. The summed E-state index contributed by atoms with van der Waals surface area (Å²) in [4.78, 5) is 11.5. The fourth-order valence-corrected chi connectivity index (χ4v) is 2.79. The lowest BCUT2D eigenvalue weighted by molar-refractivity contribution is -0.138. The van der Waals surface area contributed by atoms with Crippen LogP contribution in [0, 0.1) is 6.92 Å². The number of hydrogen-bond acceptors (Lipinski definition) is 2. The summed E-state index contributed by atoms with van der Waals surface area (Å²) in [5.41, 5.74) is 2.31. The number of carbonyl (C=O) groups is 1. The number of anilines is 1. The van der Waals surface area contributed by atoms with E-state index in [-0.39, 0.29) is 0 Å². The van der Waals surface area contributed by atoms with Crippen LogP contribution in [0.3, 0.4) is 0 Å². The van der Waals surface area contributed by atoms with E-state index in [1.807, 2.05) is 19.1 Å². The van der Waals surface area contributed by atoms with Crippen molar-refractivity contribution in [3.8, 4) is 0 Å². The largest absolute Gasteiger partial charge is 0.479 e. The maximum absolute atomic E-state index is 11.5. The Morgan fingerprint density at radius 3 is 2.60 bits per heavy atom. The van der Waals surface area contributed by atoms with Gasteiger partial charge in [-0.15, -0.1) is 0 Å². The van der Waals surface area contributed by atoms with E-state index in [4.69, 9.17) is 11.6 Å². The predicted molar refractivity (Wildman–Crippen MR) is 84.3 cm³/mol. The molecule has 0 amide bonds.